The second-order valence-electron chi connectivity index (χ2n) is 8.34. The molecule has 0 aliphatic carbocycles. The summed E-state index contributed by atoms with van der Waals surface area (Å²) < 4.78 is 72.7. The number of carbonyl (C=O) groups is 3. The van der Waals surface area contributed by atoms with Crippen LogP contribution >= 0.6 is 0 Å². The lowest BCUT2D eigenvalue weighted by Gasteiger charge is -2.32. The number of pyridine rings is 1. The molecule has 2 fully saturated rings. The minimum atomic E-state index is -4.83. The van der Waals surface area contributed by atoms with E-state index in [4.69, 9.17) is 5.73 Å². The number of piperidine rings is 2. The van der Waals surface area contributed by atoms with E-state index in [1.165, 1.54) is 0 Å². The number of halogens is 6. The first-order valence-electron chi connectivity index (χ1n) is 11.2. The van der Waals surface area contributed by atoms with Crippen molar-refractivity contribution in [1.82, 2.24) is 20.1 Å². The molecule has 0 atom stereocenters. The number of carbonyl (C=O) groups excluding carboxylic acids is 3. The molecule has 9 nitrogen and oxygen atoms in total. The van der Waals surface area contributed by atoms with Crippen LogP contribution in [0.15, 0.2) is 24.4 Å². The zero-order chi connectivity index (χ0) is 26.9. The first-order chi connectivity index (χ1) is 16.8. The molecule has 0 radical (unpaired) electrons. The number of nitrogens with one attached hydrogen (secondary N) is 2. The Balaban J connectivity index is 0.000000297. The van der Waals surface area contributed by atoms with E-state index in [0.717, 1.165) is 9.80 Å². The fourth-order valence-electron chi connectivity index (χ4n) is 3.61. The zero-order valence-corrected chi connectivity index (χ0v) is 19.2. The van der Waals surface area contributed by atoms with Crippen LogP contribution in [-0.4, -0.2) is 89.7 Å². The predicted molar refractivity (Wildman–Crippen MR) is 116 cm³/mol. The zero-order valence-electron chi connectivity index (χ0n) is 19.2. The van der Waals surface area contributed by atoms with Crippen molar-refractivity contribution in [2.75, 3.05) is 38.0 Å². The molecular weight excluding hydrogens is 498 g/mol. The van der Waals surface area contributed by atoms with Gasteiger partial charge in [0, 0.05) is 44.5 Å². The van der Waals surface area contributed by atoms with E-state index in [-0.39, 0.29) is 50.7 Å². The van der Waals surface area contributed by atoms with Gasteiger partial charge in [-0.25, -0.2) is 4.98 Å². The maximum absolute atomic E-state index is 12.3. The molecule has 0 spiro atoms. The molecule has 3 amide bonds. The van der Waals surface area contributed by atoms with E-state index in [1.54, 1.807) is 24.4 Å². The van der Waals surface area contributed by atoms with Gasteiger partial charge in [-0.3, -0.25) is 14.4 Å². The minimum absolute atomic E-state index is 0.0257. The van der Waals surface area contributed by atoms with Gasteiger partial charge in [-0.2, -0.15) is 26.3 Å². The highest BCUT2D eigenvalue weighted by atomic mass is 19.4. The number of anilines is 1. The lowest BCUT2D eigenvalue weighted by atomic mass is 10.0. The Morgan fingerprint density at radius 2 is 1.39 bits per heavy atom. The number of likely N-dealkylation sites (tertiary alicyclic amines) is 2. The number of amides is 3. The van der Waals surface area contributed by atoms with Crippen LogP contribution in [0.3, 0.4) is 0 Å². The van der Waals surface area contributed by atoms with Crippen molar-refractivity contribution >= 4 is 23.5 Å². The number of rotatable bonds is 4. The lowest BCUT2D eigenvalue weighted by molar-refractivity contribution is -0.186. The van der Waals surface area contributed by atoms with Gasteiger partial charge in [-0.1, -0.05) is 6.07 Å². The van der Waals surface area contributed by atoms with E-state index in [0.29, 0.717) is 31.5 Å². The average molecular weight is 526 g/mol. The van der Waals surface area contributed by atoms with Gasteiger partial charge in [0.15, 0.2) is 0 Å². The molecule has 2 aliphatic rings. The summed E-state index contributed by atoms with van der Waals surface area (Å²) in [6.45, 7) is 0.309. The van der Waals surface area contributed by atoms with Crippen LogP contribution in [0.2, 0.25) is 0 Å². The van der Waals surface area contributed by atoms with Crippen molar-refractivity contribution in [3.8, 4) is 0 Å². The number of hydrogen-bond acceptors (Lipinski definition) is 6. The summed E-state index contributed by atoms with van der Waals surface area (Å²) in [5, 5.41) is 5.58. The molecule has 2 saturated heterocycles. The standard InChI is InChI=1S/C14H17F3N4O2.C7H11F3N2O/c15-14(16,17)13(23)21-7-4-10(5-8-21)19-9-12(22)20-11-3-1-2-6-18-11;8-7(9,10)6(13)12-3-1-5(11)2-4-12/h1-3,6,10,19H,4-5,7-9H2,(H,18,20,22);5H,1-4,11H2. The fourth-order valence-corrected chi connectivity index (χ4v) is 3.61. The van der Waals surface area contributed by atoms with E-state index in [2.05, 4.69) is 15.6 Å². The van der Waals surface area contributed by atoms with Crippen LogP contribution in [0.4, 0.5) is 32.2 Å². The molecule has 0 unspecified atom stereocenters. The van der Waals surface area contributed by atoms with Crippen LogP contribution in [0, 0.1) is 0 Å². The van der Waals surface area contributed by atoms with Crippen molar-refractivity contribution in [3.63, 3.8) is 0 Å². The van der Waals surface area contributed by atoms with Crippen molar-refractivity contribution in [2.45, 2.75) is 50.1 Å². The maximum atomic E-state index is 12.3. The van der Waals surface area contributed by atoms with Gasteiger partial charge in [0.05, 0.1) is 6.54 Å². The largest absolute Gasteiger partial charge is 0.471 e. The van der Waals surface area contributed by atoms with Crippen molar-refractivity contribution < 1.29 is 40.7 Å². The monoisotopic (exact) mass is 526 g/mol. The van der Waals surface area contributed by atoms with E-state index >= 15 is 0 Å². The molecule has 3 heterocycles. The second kappa shape index (κ2) is 12.9. The Morgan fingerprint density at radius 3 is 1.83 bits per heavy atom. The van der Waals surface area contributed by atoms with Gasteiger partial charge in [0.25, 0.3) is 0 Å². The first-order valence-corrected chi connectivity index (χ1v) is 11.2. The molecule has 1 aromatic heterocycles. The van der Waals surface area contributed by atoms with Gasteiger partial charge >= 0.3 is 24.2 Å². The summed E-state index contributed by atoms with van der Waals surface area (Å²) in [7, 11) is 0. The van der Waals surface area contributed by atoms with Crippen LogP contribution in [0.5, 0.6) is 0 Å². The molecule has 1 aromatic rings. The van der Waals surface area contributed by atoms with E-state index in [1.807, 2.05) is 0 Å². The first kappa shape index (κ1) is 29.3. The quantitative estimate of drug-likeness (QED) is 0.514. The minimum Gasteiger partial charge on any atom is -0.335 e. The number of alkyl halides is 6. The van der Waals surface area contributed by atoms with Gasteiger partial charge < -0.3 is 26.2 Å². The van der Waals surface area contributed by atoms with Crippen molar-refractivity contribution in [2.24, 2.45) is 5.73 Å². The van der Waals surface area contributed by atoms with Gasteiger partial charge in [-0.05, 0) is 37.8 Å². The molecule has 36 heavy (non-hydrogen) atoms. The number of nitrogens with two attached hydrogens (primary N) is 1. The topological polar surface area (TPSA) is 121 Å². The Labute approximate surface area is 203 Å². The normalized spacial score (nSPS) is 17.8. The summed E-state index contributed by atoms with van der Waals surface area (Å²) in [4.78, 5) is 39.1. The second-order valence-corrected chi connectivity index (χ2v) is 8.34. The lowest BCUT2D eigenvalue weighted by Crippen LogP contribution is -2.49. The van der Waals surface area contributed by atoms with Gasteiger partial charge in [0.1, 0.15) is 5.82 Å². The molecule has 0 saturated carbocycles. The molecule has 0 bridgehead atoms. The highest BCUT2D eigenvalue weighted by Crippen LogP contribution is 2.22. The van der Waals surface area contributed by atoms with E-state index in [9.17, 15) is 40.7 Å². The summed E-state index contributed by atoms with van der Waals surface area (Å²) in [6, 6.07) is 4.95. The Morgan fingerprint density at radius 1 is 0.889 bits per heavy atom. The third-order valence-corrected chi connectivity index (χ3v) is 5.58. The van der Waals surface area contributed by atoms with Crippen LogP contribution in [-0.2, 0) is 14.4 Å². The van der Waals surface area contributed by atoms with Crippen LogP contribution in [0.25, 0.3) is 0 Å². The molecule has 4 N–H and O–H groups in total. The average Bonchev–Trinajstić information content (AvgIpc) is 2.82. The highest BCUT2D eigenvalue weighted by Gasteiger charge is 2.44. The number of nitrogens with zero attached hydrogens (tertiary/aromatic N) is 3. The number of aromatic nitrogens is 1. The molecule has 15 heteroatoms. The van der Waals surface area contributed by atoms with Gasteiger partial charge in [0.2, 0.25) is 5.91 Å². The Kier molecular flexibility index (Phi) is 10.5. The molecule has 2 aliphatic heterocycles. The third kappa shape index (κ3) is 9.60. The number of hydrogen-bond donors (Lipinski definition) is 3. The molecule has 3 rings (SSSR count). The Hall–Kier alpha value is -2.94. The van der Waals surface area contributed by atoms with Crippen LogP contribution in [0.1, 0.15) is 25.7 Å². The summed E-state index contributed by atoms with van der Waals surface area (Å²) in [6.07, 6.45) is -6.39. The third-order valence-electron chi connectivity index (χ3n) is 5.58. The van der Waals surface area contributed by atoms with Gasteiger partial charge in [-0.15, -0.1) is 0 Å². The smallest absolute Gasteiger partial charge is 0.335 e. The van der Waals surface area contributed by atoms with E-state index < -0.39 is 24.2 Å². The summed E-state index contributed by atoms with van der Waals surface area (Å²) >= 11 is 0. The maximum Gasteiger partial charge on any atom is 0.471 e. The van der Waals surface area contributed by atoms with Crippen molar-refractivity contribution in [1.29, 1.82) is 0 Å². The summed E-state index contributed by atoms with van der Waals surface area (Å²) in [5.74, 6) is -3.40. The summed E-state index contributed by atoms with van der Waals surface area (Å²) in [5.41, 5.74) is 5.49. The SMILES string of the molecule is NC1CCN(C(=O)C(F)(F)F)CC1.O=C(CNC1CCN(C(=O)C(F)(F)F)CC1)Nc1ccccn1. The highest BCUT2D eigenvalue weighted by molar-refractivity contribution is 5.91. The molecule has 0 aromatic carbocycles. The Bertz CT molecular complexity index is 867. The van der Waals surface area contributed by atoms with Crippen molar-refractivity contribution in [3.05, 3.63) is 24.4 Å². The molecular formula is C21H28F6N6O3. The predicted octanol–water partition coefficient (Wildman–Crippen LogP) is 1.66. The van der Waals surface area contributed by atoms with Crippen LogP contribution < -0.4 is 16.4 Å². The fraction of sp³-hybridized carbons (Fsp3) is 0.619. The molecule has 202 valence electrons.